The molecule has 2 aromatic carbocycles. The van der Waals surface area contributed by atoms with Gasteiger partial charge in [0, 0.05) is 6.20 Å². The van der Waals surface area contributed by atoms with Crippen LogP contribution in [-0.2, 0) is 6.54 Å². The second-order valence-corrected chi connectivity index (χ2v) is 4.22. The number of nitrogens with zero attached hydrogens (tertiary/aromatic N) is 3. The van der Waals surface area contributed by atoms with Crippen molar-refractivity contribution in [2.75, 3.05) is 0 Å². The summed E-state index contributed by atoms with van der Waals surface area (Å²) in [7, 11) is 0. The summed E-state index contributed by atoms with van der Waals surface area (Å²) in [5, 5.41) is 18.6. The molecule has 3 rings (SSSR count). The Kier molecular flexibility index (Phi) is 2.72. The molecule has 0 amide bonds. The Hall–Kier alpha value is -2.69. The Morgan fingerprint density at radius 1 is 1.16 bits per heavy atom. The molecular weight excluding hydrogens is 242 g/mol. The monoisotopic (exact) mass is 253 g/mol. The number of hydrogen-bond donors (Lipinski definition) is 1. The molecule has 19 heavy (non-hydrogen) atoms. The minimum Gasteiger partial charge on any atom is -0.478 e. The minimum atomic E-state index is -0.913. The van der Waals surface area contributed by atoms with Crippen LogP contribution in [0.5, 0.6) is 0 Å². The predicted octanol–water partition coefficient (Wildman–Crippen LogP) is 2.18. The number of rotatable bonds is 3. The van der Waals surface area contributed by atoms with Gasteiger partial charge in [-0.15, -0.1) is 5.10 Å². The van der Waals surface area contributed by atoms with E-state index in [4.69, 9.17) is 0 Å². The maximum Gasteiger partial charge on any atom is 0.336 e. The number of carboxylic acids is 1. The van der Waals surface area contributed by atoms with Gasteiger partial charge in [0.15, 0.2) is 0 Å². The van der Waals surface area contributed by atoms with E-state index < -0.39 is 5.97 Å². The van der Waals surface area contributed by atoms with Gasteiger partial charge >= 0.3 is 5.97 Å². The van der Waals surface area contributed by atoms with Crippen LogP contribution in [0.1, 0.15) is 15.9 Å². The van der Waals surface area contributed by atoms with Crippen LogP contribution in [0.4, 0.5) is 0 Å². The summed E-state index contributed by atoms with van der Waals surface area (Å²) in [6.07, 6.45) is 3.40. The van der Waals surface area contributed by atoms with E-state index in [9.17, 15) is 9.90 Å². The lowest BCUT2D eigenvalue weighted by Crippen LogP contribution is -2.04. The number of benzene rings is 2. The summed E-state index contributed by atoms with van der Waals surface area (Å²) >= 11 is 0. The molecule has 0 atom stereocenters. The van der Waals surface area contributed by atoms with E-state index in [1.807, 2.05) is 30.3 Å². The van der Waals surface area contributed by atoms with Crippen LogP contribution < -0.4 is 0 Å². The number of carboxylic acid groups (broad SMARTS) is 1. The molecule has 0 saturated carbocycles. The van der Waals surface area contributed by atoms with Crippen molar-refractivity contribution in [2.45, 2.75) is 6.54 Å². The summed E-state index contributed by atoms with van der Waals surface area (Å²) in [4.78, 5) is 11.2. The second-order valence-electron chi connectivity index (χ2n) is 4.22. The van der Waals surface area contributed by atoms with Crippen LogP contribution in [0.3, 0.4) is 0 Å². The summed E-state index contributed by atoms with van der Waals surface area (Å²) in [5.74, 6) is -0.913. The summed E-state index contributed by atoms with van der Waals surface area (Å²) in [6.45, 7) is 0.570. The van der Waals surface area contributed by atoms with Gasteiger partial charge in [-0.05, 0) is 22.4 Å². The van der Waals surface area contributed by atoms with Gasteiger partial charge in [-0.3, -0.25) is 0 Å². The Labute approximate surface area is 109 Å². The number of hydrogen-bond acceptors (Lipinski definition) is 3. The van der Waals surface area contributed by atoms with Crippen LogP contribution in [0, 0.1) is 0 Å². The van der Waals surface area contributed by atoms with E-state index in [2.05, 4.69) is 10.3 Å². The fourth-order valence-electron chi connectivity index (χ4n) is 2.18. The van der Waals surface area contributed by atoms with E-state index in [0.29, 0.717) is 12.1 Å². The molecule has 0 fully saturated rings. The van der Waals surface area contributed by atoms with E-state index >= 15 is 0 Å². The lowest BCUT2D eigenvalue weighted by molar-refractivity contribution is 0.0699. The molecule has 0 spiro atoms. The van der Waals surface area contributed by atoms with E-state index in [0.717, 1.165) is 16.3 Å². The largest absolute Gasteiger partial charge is 0.478 e. The molecule has 1 heterocycles. The van der Waals surface area contributed by atoms with Crippen molar-refractivity contribution in [3.8, 4) is 0 Å². The van der Waals surface area contributed by atoms with Crippen molar-refractivity contribution in [3.05, 3.63) is 59.9 Å². The zero-order valence-electron chi connectivity index (χ0n) is 10.0. The Bertz CT molecular complexity index is 736. The van der Waals surface area contributed by atoms with Gasteiger partial charge in [0.2, 0.25) is 0 Å². The Morgan fingerprint density at radius 3 is 2.63 bits per heavy atom. The van der Waals surface area contributed by atoms with Crippen molar-refractivity contribution in [1.82, 2.24) is 15.0 Å². The normalized spacial score (nSPS) is 10.7. The maximum atomic E-state index is 11.2. The lowest BCUT2D eigenvalue weighted by atomic mass is 9.99. The summed E-state index contributed by atoms with van der Waals surface area (Å²) in [6, 6.07) is 11.0. The van der Waals surface area contributed by atoms with Gasteiger partial charge in [-0.25, -0.2) is 9.48 Å². The molecule has 94 valence electrons. The highest BCUT2D eigenvalue weighted by atomic mass is 16.4. The van der Waals surface area contributed by atoms with Crippen LogP contribution >= 0.6 is 0 Å². The van der Waals surface area contributed by atoms with E-state index in [1.165, 1.54) is 0 Å². The fraction of sp³-hybridized carbons (Fsp3) is 0.0714. The minimum absolute atomic E-state index is 0.318. The van der Waals surface area contributed by atoms with Gasteiger partial charge in [0.05, 0.1) is 18.3 Å². The lowest BCUT2D eigenvalue weighted by Gasteiger charge is -2.08. The molecule has 0 bridgehead atoms. The standard InChI is InChI=1S/C14H11N3O2/c18-14(19)13-6-5-10(9-17-8-7-15-16-17)11-3-1-2-4-12(11)13/h1-8H,9H2,(H,18,19). The third kappa shape index (κ3) is 2.06. The van der Waals surface area contributed by atoms with Crippen LogP contribution in [0.2, 0.25) is 0 Å². The van der Waals surface area contributed by atoms with E-state index in [-0.39, 0.29) is 0 Å². The SMILES string of the molecule is O=C(O)c1ccc(Cn2ccnn2)c2ccccc12. The number of aromatic carboxylic acids is 1. The van der Waals surface area contributed by atoms with Gasteiger partial charge < -0.3 is 5.11 Å². The first-order chi connectivity index (χ1) is 9.25. The molecule has 1 N–H and O–H groups in total. The zero-order valence-corrected chi connectivity index (χ0v) is 10.0. The third-order valence-electron chi connectivity index (χ3n) is 3.05. The molecule has 5 heteroatoms. The molecule has 1 aromatic heterocycles. The van der Waals surface area contributed by atoms with Crippen molar-refractivity contribution in [2.24, 2.45) is 0 Å². The second kappa shape index (κ2) is 4.53. The van der Waals surface area contributed by atoms with E-state index in [1.54, 1.807) is 23.1 Å². The smallest absolute Gasteiger partial charge is 0.336 e. The maximum absolute atomic E-state index is 11.2. The summed E-state index contributed by atoms with van der Waals surface area (Å²) in [5.41, 5.74) is 1.34. The first-order valence-corrected chi connectivity index (χ1v) is 5.84. The average Bonchev–Trinajstić information content (AvgIpc) is 2.91. The van der Waals surface area contributed by atoms with Gasteiger partial charge in [0.25, 0.3) is 0 Å². The number of carbonyl (C=O) groups is 1. The van der Waals surface area contributed by atoms with Crippen molar-refractivity contribution < 1.29 is 9.90 Å². The van der Waals surface area contributed by atoms with Gasteiger partial charge in [0.1, 0.15) is 0 Å². The first kappa shape index (κ1) is 11.4. The van der Waals surface area contributed by atoms with Crippen LogP contribution in [0.25, 0.3) is 10.8 Å². The quantitative estimate of drug-likeness (QED) is 0.776. The third-order valence-corrected chi connectivity index (χ3v) is 3.05. The average molecular weight is 253 g/mol. The highest BCUT2D eigenvalue weighted by Gasteiger charge is 2.11. The molecule has 5 nitrogen and oxygen atoms in total. The Balaban J connectivity index is 2.16. The molecule has 3 aromatic rings. The molecule has 0 unspecified atom stereocenters. The highest BCUT2D eigenvalue weighted by molar-refractivity contribution is 6.04. The fourth-order valence-corrected chi connectivity index (χ4v) is 2.18. The van der Waals surface area contributed by atoms with Gasteiger partial charge in [-0.1, -0.05) is 35.5 Å². The molecule has 0 aliphatic carbocycles. The van der Waals surface area contributed by atoms with Crippen molar-refractivity contribution >= 4 is 16.7 Å². The number of aromatic nitrogens is 3. The van der Waals surface area contributed by atoms with Gasteiger partial charge in [-0.2, -0.15) is 0 Å². The zero-order chi connectivity index (χ0) is 13.2. The predicted molar refractivity (Wildman–Crippen MR) is 70.0 cm³/mol. The molecular formula is C14H11N3O2. The molecule has 0 saturated heterocycles. The summed E-state index contributed by atoms with van der Waals surface area (Å²) < 4.78 is 1.71. The first-order valence-electron chi connectivity index (χ1n) is 5.84. The molecule has 0 aliphatic rings. The molecule has 0 aliphatic heterocycles. The molecule has 0 radical (unpaired) electrons. The van der Waals surface area contributed by atoms with Crippen molar-refractivity contribution in [3.63, 3.8) is 0 Å². The Morgan fingerprint density at radius 2 is 1.95 bits per heavy atom. The number of fused-ring (bicyclic) bond motifs is 1. The van der Waals surface area contributed by atoms with Crippen LogP contribution in [-0.4, -0.2) is 26.1 Å². The topological polar surface area (TPSA) is 68.0 Å². The van der Waals surface area contributed by atoms with Crippen LogP contribution in [0.15, 0.2) is 48.8 Å². The van der Waals surface area contributed by atoms with Crippen molar-refractivity contribution in [1.29, 1.82) is 0 Å². The highest BCUT2D eigenvalue weighted by Crippen LogP contribution is 2.23.